The van der Waals surface area contributed by atoms with Gasteiger partial charge in [-0.15, -0.1) is 0 Å². The van der Waals surface area contributed by atoms with Gasteiger partial charge in [-0.05, 0) is 19.8 Å². The molecule has 19 heavy (non-hydrogen) atoms. The van der Waals surface area contributed by atoms with Gasteiger partial charge >= 0.3 is 5.69 Å². The van der Waals surface area contributed by atoms with Crippen LogP contribution in [0, 0.1) is 0 Å². The van der Waals surface area contributed by atoms with Crippen molar-refractivity contribution >= 4 is 5.52 Å². The average molecular weight is 264 g/mol. The van der Waals surface area contributed by atoms with Gasteiger partial charge in [0, 0.05) is 25.7 Å². The zero-order chi connectivity index (χ0) is 13.4. The minimum Gasteiger partial charge on any atom is -0.381 e. The number of aromatic amines is 1. The van der Waals surface area contributed by atoms with Gasteiger partial charge in [0.05, 0.1) is 6.20 Å². The molecule has 0 radical (unpaired) electrons. The smallest absolute Gasteiger partial charge is 0.343 e. The Morgan fingerprint density at radius 2 is 2.16 bits per heavy atom. The van der Waals surface area contributed by atoms with Gasteiger partial charge < -0.3 is 4.74 Å². The standard InChI is InChI=1S/C12H16N4O3/c1-2-15-11(17)9-7-13-10(16(9)14-12(15)18)8-3-5-19-6-4-8/h7-8H,2-6H2,1H3,(H,14,18). The van der Waals surface area contributed by atoms with E-state index in [0.717, 1.165) is 18.7 Å². The zero-order valence-corrected chi connectivity index (χ0v) is 10.8. The van der Waals surface area contributed by atoms with E-state index in [1.807, 2.05) is 0 Å². The largest absolute Gasteiger partial charge is 0.381 e. The number of H-pyrrole nitrogens is 1. The Labute approximate surface area is 108 Å². The first-order valence-electron chi connectivity index (χ1n) is 6.50. The number of aromatic nitrogens is 4. The summed E-state index contributed by atoms with van der Waals surface area (Å²) in [6.45, 7) is 3.50. The van der Waals surface area contributed by atoms with E-state index in [-0.39, 0.29) is 11.5 Å². The van der Waals surface area contributed by atoms with Gasteiger partial charge in [-0.1, -0.05) is 0 Å². The maximum Gasteiger partial charge on any atom is 0.343 e. The molecule has 1 N–H and O–H groups in total. The number of ether oxygens (including phenoxy) is 1. The van der Waals surface area contributed by atoms with Gasteiger partial charge in [0.25, 0.3) is 5.56 Å². The maximum absolute atomic E-state index is 12.1. The molecule has 1 aliphatic rings. The lowest BCUT2D eigenvalue weighted by molar-refractivity contribution is 0.0832. The van der Waals surface area contributed by atoms with Crippen LogP contribution >= 0.6 is 0 Å². The lowest BCUT2D eigenvalue weighted by Crippen LogP contribution is -2.37. The van der Waals surface area contributed by atoms with Gasteiger partial charge in [0.2, 0.25) is 0 Å². The fourth-order valence-corrected chi connectivity index (χ4v) is 2.55. The van der Waals surface area contributed by atoms with E-state index in [0.29, 0.717) is 25.3 Å². The van der Waals surface area contributed by atoms with Crippen molar-refractivity contribution in [2.45, 2.75) is 32.2 Å². The minimum atomic E-state index is -0.397. The fraction of sp³-hybridized carbons (Fsp3) is 0.583. The van der Waals surface area contributed by atoms with Gasteiger partial charge in [0.1, 0.15) is 11.3 Å². The molecule has 0 unspecified atom stereocenters. The van der Waals surface area contributed by atoms with Crippen LogP contribution in [0.3, 0.4) is 0 Å². The Morgan fingerprint density at radius 3 is 2.84 bits per heavy atom. The summed E-state index contributed by atoms with van der Waals surface area (Å²) in [5.74, 6) is 0.972. The van der Waals surface area contributed by atoms with Crippen molar-refractivity contribution in [3.8, 4) is 0 Å². The van der Waals surface area contributed by atoms with Crippen molar-refractivity contribution in [1.82, 2.24) is 19.2 Å². The van der Waals surface area contributed by atoms with Crippen molar-refractivity contribution in [1.29, 1.82) is 0 Å². The maximum atomic E-state index is 12.1. The van der Waals surface area contributed by atoms with Crippen LogP contribution < -0.4 is 11.2 Å². The Morgan fingerprint density at radius 1 is 1.42 bits per heavy atom. The van der Waals surface area contributed by atoms with Gasteiger partial charge in [0.15, 0.2) is 0 Å². The minimum absolute atomic E-state index is 0.226. The van der Waals surface area contributed by atoms with E-state index in [2.05, 4.69) is 10.1 Å². The molecule has 0 aromatic carbocycles. The molecule has 102 valence electrons. The molecule has 3 rings (SSSR count). The summed E-state index contributed by atoms with van der Waals surface area (Å²) < 4.78 is 8.02. The van der Waals surface area contributed by atoms with Crippen LogP contribution in [0.25, 0.3) is 5.52 Å². The number of imidazole rings is 1. The lowest BCUT2D eigenvalue weighted by atomic mass is 10.00. The first-order chi connectivity index (χ1) is 9.22. The summed E-state index contributed by atoms with van der Waals surface area (Å²) in [7, 11) is 0. The Balaban J connectivity index is 2.18. The zero-order valence-electron chi connectivity index (χ0n) is 10.8. The second-order valence-corrected chi connectivity index (χ2v) is 4.69. The van der Waals surface area contributed by atoms with Crippen molar-refractivity contribution in [3.05, 3.63) is 32.9 Å². The topological polar surface area (TPSA) is 81.4 Å². The first kappa shape index (κ1) is 12.2. The Bertz CT molecular complexity index is 706. The molecule has 0 spiro atoms. The third-order valence-corrected chi connectivity index (χ3v) is 3.61. The second-order valence-electron chi connectivity index (χ2n) is 4.69. The van der Waals surface area contributed by atoms with E-state index in [1.165, 1.54) is 15.3 Å². The highest BCUT2D eigenvalue weighted by Crippen LogP contribution is 2.25. The SMILES string of the molecule is CCn1c(=O)[nH]n2c(C3CCOCC3)ncc2c1=O. The summed E-state index contributed by atoms with van der Waals surface area (Å²) in [4.78, 5) is 28.3. The molecule has 7 heteroatoms. The number of hydrogen-bond acceptors (Lipinski definition) is 4. The quantitative estimate of drug-likeness (QED) is 0.834. The summed E-state index contributed by atoms with van der Waals surface area (Å²) in [6, 6.07) is 0. The van der Waals surface area contributed by atoms with Crippen LogP contribution in [0.5, 0.6) is 0 Å². The first-order valence-corrected chi connectivity index (χ1v) is 6.50. The van der Waals surface area contributed by atoms with E-state index in [4.69, 9.17) is 4.74 Å². The predicted octanol–water partition coefficient (Wildman–Crippen LogP) is 0.0982. The Kier molecular flexibility index (Phi) is 2.98. The van der Waals surface area contributed by atoms with E-state index in [1.54, 1.807) is 6.92 Å². The van der Waals surface area contributed by atoms with Crippen LogP contribution in [0.15, 0.2) is 15.8 Å². The van der Waals surface area contributed by atoms with E-state index in [9.17, 15) is 9.59 Å². The van der Waals surface area contributed by atoms with Crippen LogP contribution in [0.4, 0.5) is 0 Å². The normalized spacial score (nSPS) is 17.1. The molecule has 0 saturated carbocycles. The highest BCUT2D eigenvalue weighted by molar-refractivity contribution is 5.42. The summed E-state index contributed by atoms with van der Waals surface area (Å²) >= 11 is 0. The molecule has 1 fully saturated rings. The van der Waals surface area contributed by atoms with Crippen LogP contribution in [0.2, 0.25) is 0 Å². The number of rotatable bonds is 2. The van der Waals surface area contributed by atoms with Crippen molar-refractivity contribution in [2.75, 3.05) is 13.2 Å². The Hall–Kier alpha value is -1.89. The lowest BCUT2D eigenvalue weighted by Gasteiger charge is -2.20. The average Bonchev–Trinajstić information content (AvgIpc) is 2.84. The van der Waals surface area contributed by atoms with E-state index < -0.39 is 5.69 Å². The highest BCUT2D eigenvalue weighted by Gasteiger charge is 2.22. The highest BCUT2D eigenvalue weighted by atomic mass is 16.5. The molecule has 2 aromatic rings. The third kappa shape index (κ3) is 1.90. The molecule has 0 amide bonds. The van der Waals surface area contributed by atoms with Crippen LogP contribution in [0.1, 0.15) is 31.5 Å². The van der Waals surface area contributed by atoms with Gasteiger partial charge in [-0.2, -0.15) is 0 Å². The monoisotopic (exact) mass is 264 g/mol. The molecule has 0 bridgehead atoms. The van der Waals surface area contributed by atoms with Gasteiger partial charge in [-0.3, -0.25) is 9.36 Å². The molecule has 0 aliphatic carbocycles. The molecule has 7 nitrogen and oxygen atoms in total. The van der Waals surface area contributed by atoms with Crippen LogP contribution in [-0.2, 0) is 11.3 Å². The molecule has 3 heterocycles. The molecule has 1 aliphatic heterocycles. The summed E-state index contributed by atoms with van der Waals surface area (Å²) in [5, 5.41) is 2.72. The molecular formula is C12H16N4O3. The molecule has 2 aromatic heterocycles. The van der Waals surface area contributed by atoms with Crippen molar-refractivity contribution in [3.63, 3.8) is 0 Å². The van der Waals surface area contributed by atoms with Crippen molar-refractivity contribution in [2.24, 2.45) is 0 Å². The van der Waals surface area contributed by atoms with Crippen molar-refractivity contribution < 1.29 is 4.74 Å². The summed E-state index contributed by atoms with van der Waals surface area (Å²) in [5.41, 5.74) is -0.272. The van der Waals surface area contributed by atoms with Gasteiger partial charge in [-0.25, -0.2) is 19.4 Å². The molecule has 0 atom stereocenters. The summed E-state index contributed by atoms with van der Waals surface area (Å²) in [6.07, 6.45) is 3.26. The number of nitrogens with one attached hydrogen (secondary N) is 1. The number of fused-ring (bicyclic) bond motifs is 1. The predicted molar refractivity (Wildman–Crippen MR) is 68.5 cm³/mol. The third-order valence-electron chi connectivity index (χ3n) is 3.61. The fourth-order valence-electron chi connectivity index (χ4n) is 2.55. The number of nitrogens with zero attached hydrogens (tertiary/aromatic N) is 3. The van der Waals surface area contributed by atoms with E-state index >= 15 is 0 Å². The second kappa shape index (κ2) is 4.65. The molecular weight excluding hydrogens is 248 g/mol. The number of hydrogen-bond donors (Lipinski definition) is 1. The van der Waals surface area contributed by atoms with Crippen LogP contribution in [-0.4, -0.2) is 32.4 Å². The molecule has 1 saturated heterocycles.